The molecular weight excluding hydrogens is 252 g/mol. The highest BCUT2D eigenvalue weighted by Crippen LogP contribution is 2.32. The van der Waals surface area contributed by atoms with Crippen LogP contribution >= 0.6 is 0 Å². The van der Waals surface area contributed by atoms with Gasteiger partial charge in [0.25, 0.3) is 0 Å². The van der Waals surface area contributed by atoms with Crippen molar-refractivity contribution in [3.8, 4) is 11.4 Å². The van der Waals surface area contributed by atoms with Gasteiger partial charge >= 0.3 is 0 Å². The van der Waals surface area contributed by atoms with E-state index in [1.54, 1.807) is 6.26 Å². The molecule has 2 aromatic heterocycles. The Hall–Kier alpha value is -2.40. The van der Waals surface area contributed by atoms with Crippen LogP contribution in [0.2, 0.25) is 0 Å². The number of hydrazine groups is 1. The fourth-order valence-corrected chi connectivity index (χ4v) is 2.82. The first-order valence-corrected chi connectivity index (χ1v) is 6.70. The molecule has 0 unspecified atom stereocenters. The Morgan fingerprint density at radius 1 is 1.15 bits per heavy atom. The lowest BCUT2D eigenvalue weighted by Gasteiger charge is -2.08. The fourth-order valence-electron chi connectivity index (χ4n) is 2.82. The van der Waals surface area contributed by atoms with Crippen molar-refractivity contribution in [2.45, 2.75) is 19.3 Å². The van der Waals surface area contributed by atoms with E-state index in [0.717, 1.165) is 52.9 Å². The predicted molar refractivity (Wildman–Crippen MR) is 77.1 cm³/mol. The Bertz CT molecular complexity index is 794. The van der Waals surface area contributed by atoms with E-state index in [4.69, 9.17) is 10.3 Å². The van der Waals surface area contributed by atoms with E-state index in [-0.39, 0.29) is 0 Å². The smallest absolute Gasteiger partial charge is 0.165 e. The predicted octanol–water partition coefficient (Wildman–Crippen LogP) is 2.66. The monoisotopic (exact) mass is 266 g/mol. The molecule has 0 saturated carbocycles. The largest absolute Gasteiger partial charge is 0.464 e. The number of rotatable bonds is 2. The molecule has 5 nitrogen and oxygen atoms in total. The number of nitrogens with zero attached hydrogens (tertiary/aromatic N) is 2. The molecule has 0 radical (unpaired) electrons. The van der Waals surface area contributed by atoms with Crippen molar-refractivity contribution in [3.63, 3.8) is 0 Å². The lowest BCUT2D eigenvalue weighted by Crippen LogP contribution is -2.12. The van der Waals surface area contributed by atoms with Crippen LogP contribution in [0.3, 0.4) is 0 Å². The van der Waals surface area contributed by atoms with Crippen LogP contribution in [0.1, 0.15) is 17.7 Å². The molecule has 0 fully saturated rings. The number of hydrogen-bond donors (Lipinski definition) is 2. The maximum Gasteiger partial charge on any atom is 0.165 e. The second-order valence-corrected chi connectivity index (χ2v) is 4.96. The van der Waals surface area contributed by atoms with E-state index in [1.807, 2.05) is 24.3 Å². The van der Waals surface area contributed by atoms with Gasteiger partial charge in [-0.3, -0.25) is 0 Å². The molecule has 3 N–H and O–H groups in total. The lowest BCUT2D eigenvalue weighted by molar-refractivity contribution is 0.616. The molecule has 5 heteroatoms. The Morgan fingerprint density at radius 2 is 2.05 bits per heavy atom. The van der Waals surface area contributed by atoms with Crippen LogP contribution in [-0.2, 0) is 12.8 Å². The Morgan fingerprint density at radius 3 is 2.95 bits per heavy atom. The summed E-state index contributed by atoms with van der Waals surface area (Å²) >= 11 is 0. The van der Waals surface area contributed by atoms with E-state index in [9.17, 15) is 0 Å². The normalized spacial score (nSPS) is 13.7. The van der Waals surface area contributed by atoms with Crippen LogP contribution in [0.4, 0.5) is 5.82 Å². The molecule has 0 saturated heterocycles. The first-order chi connectivity index (χ1) is 9.86. The number of aryl methyl sites for hydroxylation is 1. The van der Waals surface area contributed by atoms with Crippen LogP contribution in [-0.4, -0.2) is 9.97 Å². The number of hydrogen-bond acceptors (Lipinski definition) is 5. The maximum atomic E-state index is 5.59. The minimum atomic E-state index is 0.670. The highest BCUT2D eigenvalue weighted by molar-refractivity contribution is 5.92. The SMILES string of the molecule is NNc1nc(-c2coc3ccccc23)nc2c1CCC2. The summed E-state index contributed by atoms with van der Waals surface area (Å²) in [6.45, 7) is 0. The van der Waals surface area contributed by atoms with Gasteiger partial charge in [-0.2, -0.15) is 0 Å². The van der Waals surface area contributed by atoms with Crippen LogP contribution in [0.25, 0.3) is 22.4 Å². The van der Waals surface area contributed by atoms with E-state index in [2.05, 4.69) is 15.4 Å². The molecule has 1 aliphatic carbocycles. The van der Waals surface area contributed by atoms with Gasteiger partial charge in [0.05, 0.1) is 5.56 Å². The summed E-state index contributed by atoms with van der Waals surface area (Å²) in [5.41, 5.74) is 6.68. The average Bonchev–Trinajstić information content (AvgIpc) is 3.12. The summed E-state index contributed by atoms with van der Waals surface area (Å²) < 4.78 is 5.56. The number of nitrogens with one attached hydrogen (secondary N) is 1. The topological polar surface area (TPSA) is 77.0 Å². The summed E-state index contributed by atoms with van der Waals surface area (Å²) in [5, 5.41) is 1.02. The molecule has 0 bridgehead atoms. The van der Waals surface area contributed by atoms with Gasteiger partial charge in [0.2, 0.25) is 0 Å². The molecule has 0 spiro atoms. The Balaban J connectivity index is 1.94. The molecule has 0 aliphatic heterocycles. The molecule has 0 atom stereocenters. The molecule has 1 aliphatic rings. The molecule has 20 heavy (non-hydrogen) atoms. The van der Waals surface area contributed by atoms with Gasteiger partial charge in [-0.05, 0) is 25.3 Å². The molecule has 0 amide bonds. The fraction of sp³-hybridized carbons (Fsp3) is 0.200. The van der Waals surface area contributed by atoms with Gasteiger partial charge in [0.1, 0.15) is 17.7 Å². The first kappa shape index (κ1) is 11.4. The third-order valence-corrected chi connectivity index (χ3v) is 3.79. The highest BCUT2D eigenvalue weighted by atomic mass is 16.3. The molecule has 3 aromatic rings. The van der Waals surface area contributed by atoms with Crippen LogP contribution in [0.5, 0.6) is 0 Å². The number of anilines is 1. The van der Waals surface area contributed by atoms with Gasteiger partial charge in [-0.25, -0.2) is 15.8 Å². The van der Waals surface area contributed by atoms with Crippen molar-refractivity contribution in [1.29, 1.82) is 0 Å². The van der Waals surface area contributed by atoms with Crippen molar-refractivity contribution < 1.29 is 4.42 Å². The second kappa shape index (κ2) is 4.31. The first-order valence-electron chi connectivity index (χ1n) is 6.70. The van der Waals surface area contributed by atoms with Crippen molar-refractivity contribution in [2.24, 2.45) is 5.84 Å². The van der Waals surface area contributed by atoms with Crippen molar-refractivity contribution in [3.05, 3.63) is 41.8 Å². The molecule has 4 rings (SSSR count). The summed E-state index contributed by atoms with van der Waals surface area (Å²) in [6.07, 6.45) is 4.78. The summed E-state index contributed by atoms with van der Waals surface area (Å²) in [4.78, 5) is 9.24. The zero-order chi connectivity index (χ0) is 13.5. The van der Waals surface area contributed by atoms with Gasteiger partial charge in [-0.15, -0.1) is 0 Å². The number of para-hydroxylation sites is 1. The number of furan rings is 1. The van der Waals surface area contributed by atoms with Crippen LogP contribution in [0.15, 0.2) is 34.9 Å². The van der Waals surface area contributed by atoms with E-state index in [1.165, 1.54) is 0 Å². The summed E-state index contributed by atoms with van der Waals surface area (Å²) in [7, 11) is 0. The molecule has 2 heterocycles. The van der Waals surface area contributed by atoms with Crippen molar-refractivity contribution >= 4 is 16.8 Å². The highest BCUT2D eigenvalue weighted by Gasteiger charge is 2.20. The number of aromatic nitrogens is 2. The minimum absolute atomic E-state index is 0.670. The van der Waals surface area contributed by atoms with E-state index >= 15 is 0 Å². The summed E-state index contributed by atoms with van der Waals surface area (Å²) in [5.74, 6) is 6.99. The minimum Gasteiger partial charge on any atom is -0.464 e. The molecule has 100 valence electrons. The maximum absolute atomic E-state index is 5.59. The Kier molecular flexibility index (Phi) is 2.47. The quantitative estimate of drug-likeness (QED) is 0.551. The van der Waals surface area contributed by atoms with Crippen molar-refractivity contribution in [2.75, 3.05) is 5.43 Å². The summed E-state index contributed by atoms with van der Waals surface area (Å²) in [6, 6.07) is 7.89. The van der Waals surface area contributed by atoms with Gasteiger partial charge < -0.3 is 9.84 Å². The standard InChI is InChI=1S/C15H14N4O/c16-19-15-10-5-3-6-12(10)17-14(18-15)11-8-20-13-7-2-1-4-9(11)13/h1-2,4,7-8H,3,5-6,16H2,(H,17,18,19). The third kappa shape index (κ3) is 1.60. The third-order valence-electron chi connectivity index (χ3n) is 3.79. The second-order valence-electron chi connectivity index (χ2n) is 4.96. The number of fused-ring (bicyclic) bond motifs is 2. The zero-order valence-electron chi connectivity index (χ0n) is 10.9. The van der Waals surface area contributed by atoms with Gasteiger partial charge in [0, 0.05) is 16.6 Å². The van der Waals surface area contributed by atoms with Gasteiger partial charge in [0.15, 0.2) is 5.82 Å². The van der Waals surface area contributed by atoms with E-state index < -0.39 is 0 Å². The van der Waals surface area contributed by atoms with Crippen LogP contribution < -0.4 is 11.3 Å². The lowest BCUT2D eigenvalue weighted by atomic mass is 10.1. The van der Waals surface area contributed by atoms with Crippen LogP contribution in [0, 0.1) is 0 Å². The Labute approximate surface area is 115 Å². The number of nitrogen functional groups attached to an aromatic ring is 1. The number of benzene rings is 1. The molecular formula is C15H14N4O. The number of nitrogens with two attached hydrogens (primary N) is 1. The zero-order valence-corrected chi connectivity index (χ0v) is 10.9. The van der Waals surface area contributed by atoms with Gasteiger partial charge in [-0.1, -0.05) is 18.2 Å². The average molecular weight is 266 g/mol. The van der Waals surface area contributed by atoms with E-state index in [0.29, 0.717) is 5.82 Å². The molecule has 1 aromatic carbocycles. The van der Waals surface area contributed by atoms with Crippen molar-refractivity contribution in [1.82, 2.24) is 9.97 Å².